The minimum atomic E-state index is -0.160. The molecule has 1 aliphatic heterocycles. The van der Waals surface area contributed by atoms with E-state index >= 15 is 0 Å². The van der Waals surface area contributed by atoms with Crippen molar-refractivity contribution in [2.75, 3.05) is 7.05 Å². The highest BCUT2D eigenvalue weighted by Crippen LogP contribution is 2.35. The van der Waals surface area contributed by atoms with Crippen molar-refractivity contribution in [3.05, 3.63) is 35.1 Å². The highest BCUT2D eigenvalue weighted by atomic mass is 19.1. The third kappa shape index (κ3) is 3.04. The molecule has 2 nitrogen and oxygen atoms in total. The predicted molar refractivity (Wildman–Crippen MR) is 80.4 cm³/mol. The Morgan fingerprint density at radius 3 is 2.45 bits per heavy atom. The number of benzene rings is 1. The lowest BCUT2D eigenvalue weighted by Gasteiger charge is -2.29. The quantitative estimate of drug-likeness (QED) is 0.913. The zero-order valence-corrected chi connectivity index (χ0v) is 13.1. The molecule has 20 heavy (non-hydrogen) atoms. The van der Waals surface area contributed by atoms with Gasteiger partial charge in [0.2, 0.25) is 0 Å². The monoisotopic (exact) mass is 279 g/mol. The Balaban J connectivity index is 2.16. The van der Waals surface area contributed by atoms with Gasteiger partial charge in [-0.15, -0.1) is 0 Å². The first-order valence-electron chi connectivity index (χ1n) is 7.51. The maximum absolute atomic E-state index is 13.2. The van der Waals surface area contributed by atoms with Gasteiger partial charge in [-0.1, -0.05) is 13.0 Å². The SMILES string of the molecule is CNC(Cc1ccc(F)cc1C)C1C(C)OC(C)C1C. The van der Waals surface area contributed by atoms with Gasteiger partial charge in [0.15, 0.2) is 0 Å². The molecule has 1 aromatic rings. The van der Waals surface area contributed by atoms with Crippen LogP contribution in [0.4, 0.5) is 4.39 Å². The van der Waals surface area contributed by atoms with Crippen molar-refractivity contribution in [3.63, 3.8) is 0 Å². The molecule has 112 valence electrons. The van der Waals surface area contributed by atoms with Crippen molar-refractivity contribution < 1.29 is 9.13 Å². The molecule has 5 unspecified atom stereocenters. The number of aryl methyl sites for hydroxylation is 1. The van der Waals surface area contributed by atoms with Crippen LogP contribution >= 0.6 is 0 Å². The van der Waals surface area contributed by atoms with Crippen LogP contribution in [0.25, 0.3) is 0 Å². The minimum absolute atomic E-state index is 0.160. The Bertz CT molecular complexity index is 462. The smallest absolute Gasteiger partial charge is 0.123 e. The van der Waals surface area contributed by atoms with Crippen LogP contribution in [-0.2, 0) is 11.2 Å². The van der Waals surface area contributed by atoms with Gasteiger partial charge in [0.25, 0.3) is 0 Å². The van der Waals surface area contributed by atoms with E-state index in [1.54, 1.807) is 12.1 Å². The lowest BCUT2D eigenvalue weighted by molar-refractivity contribution is 0.0479. The number of halogens is 1. The molecule has 0 saturated carbocycles. The Labute approximate surface area is 121 Å². The predicted octanol–water partition coefficient (Wildman–Crippen LogP) is 3.32. The van der Waals surface area contributed by atoms with Crippen molar-refractivity contribution >= 4 is 0 Å². The maximum atomic E-state index is 13.2. The fourth-order valence-electron chi connectivity index (χ4n) is 3.54. The fourth-order valence-corrected chi connectivity index (χ4v) is 3.54. The summed E-state index contributed by atoms with van der Waals surface area (Å²) in [7, 11) is 2.01. The van der Waals surface area contributed by atoms with E-state index in [1.807, 2.05) is 20.0 Å². The van der Waals surface area contributed by atoms with Crippen molar-refractivity contribution in [2.24, 2.45) is 11.8 Å². The van der Waals surface area contributed by atoms with Crippen molar-refractivity contribution in [1.29, 1.82) is 0 Å². The van der Waals surface area contributed by atoms with Gasteiger partial charge in [-0.3, -0.25) is 0 Å². The first-order valence-corrected chi connectivity index (χ1v) is 7.51. The summed E-state index contributed by atoms with van der Waals surface area (Å²) in [5.41, 5.74) is 2.24. The van der Waals surface area contributed by atoms with E-state index in [1.165, 1.54) is 5.56 Å². The average molecular weight is 279 g/mol. The molecule has 1 aromatic carbocycles. The summed E-state index contributed by atoms with van der Waals surface area (Å²) < 4.78 is 19.2. The van der Waals surface area contributed by atoms with Crippen LogP contribution in [0.1, 0.15) is 31.9 Å². The first-order chi connectivity index (χ1) is 9.43. The Morgan fingerprint density at radius 2 is 1.95 bits per heavy atom. The van der Waals surface area contributed by atoms with Crippen LogP contribution in [0.15, 0.2) is 18.2 Å². The van der Waals surface area contributed by atoms with Gasteiger partial charge in [-0.05, 0) is 63.4 Å². The number of hydrogen-bond acceptors (Lipinski definition) is 2. The first kappa shape index (κ1) is 15.5. The normalized spacial score (nSPS) is 31.5. The topological polar surface area (TPSA) is 21.3 Å². The molecule has 0 aliphatic carbocycles. The molecule has 3 heteroatoms. The number of likely N-dealkylation sites (N-methyl/N-ethyl adjacent to an activating group) is 1. The van der Waals surface area contributed by atoms with Crippen LogP contribution in [0.2, 0.25) is 0 Å². The third-order valence-corrected chi connectivity index (χ3v) is 4.90. The number of nitrogens with one attached hydrogen (secondary N) is 1. The summed E-state index contributed by atoms with van der Waals surface area (Å²) in [5, 5.41) is 3.44. The second-order valence-corrected chi connectivity index (χ2v) is 6.15. The Kier molecular flexibility index (Phi) is 4.82. The molecule has 0 aromatic heterocycles. The van der Waals surface area contributed by atoms with E-state index in [4.69, 9.17) is 4.74 Å². The van der Waals surface area contributed by atoms with Gasteiger partial charge in [-0.2, -0.15) is 0 Å². The molecule has 1 N–H and O–H groups in total. The summed E-state index contributed by atoms with van der Waals surface area (Å²) in [4.78, 5) is 0. The van der Waals surface area contributed by atoms with Gasteiger partial charge >= 0.3 is 0 Å². The van der Waals surface area contributed by atoms with E-state index in [0.717, 1.165) is 12.0 Å². The second-order valence-electron chi connectivity index (χ2n) is 6.15. The van der Waals surface area contributed by atoms with E-state index in [0.29, 0.717) is 24.0 Å². The lowest BCUT2D eigenvalue weighted by atomic mass is 9.80. The van der Waals surface area contributed by atoms with Gasteiger partial charge in [0.05, 0.1) is 12.2 Å². The van der Waals surface area contributed by atoms with Gasteiger partial charge in [0, 0.05) is 12.0 Å². The molecule has 1 aliphatic rings. The maximum Gasteiger partial charge on any atom is 0.123 e. The third-order valence-electron chi connectivity index (χ3n) is 4.90. The van der Waals surface area contributed by atoms with E-state index in [9.17, 15) is 4.39 Å². The van der Waals surface area contributed by atoms with Crippen molar-refractivity contribution in [3.8, 4) is 0 Å². The van der Waals surface area contributed by atoms with Crippen LogP contribution in [-0.4, -0.2) is 25.3 Å². The molecule has 2 rings (SSSR count). The van der Waals surface area contributed by atoms with Crippen molar-refractivity contribution in [1.82, 2.24) is 5.32 Å². The molecule has 0 amide bonds. The van der Waals surface area contributed by atoms with Gasteiger partial charge < -0.3 is 10.1 Å². The second kappa shape index (κ2) is 6.23. The molecule has 1 saturated heterocycles. The largest absolute Gasteiger partial charge is 0.375 e. The minimum Gasteiger partial charge on any atom is -0.375 e. The molecule has 5 atom stereocenters. The van der Waals surface area contributed by atoms with Gasteiger partial charge in [-0.25, -0.2) is 4.39 Å². The Morgan fingerprint density at radius 1 is 1.25 bits per heavy atom. The number of ether oxygens (including phenoxy) is 1. The molecular weight excluding hydrogens is 253 g/mol. The van der Waals surface area contributed by atoms with Gasteiger partial charge in [0.1, 0.15) is 5.82 Å². The highest BCUT2D eigenvalue weighted by molar-refractivity contribution is 5.27. The zero-order chi connectivity index (χ0) is 14.9. The molecule has 0 radical (unpaired) electrons. The summed E-state index contributed by atoms with van der Waals surface area (Å²) >= 11 is 0. The molecule has 0 spiro atoms. The zero-order valence-electron chi connectivity index (χ0n) is 13.1. The highest BCUT2D eigenvalue weighted by Gasteiger charge is 2.41. The summed E-state index contributed by atoms with van der Waals surface area (Å²) in [5.74, 6) is 0.856. The summed E-state index contributed by atoms with van der Waals surface area (Å²) in [6.07, 6.45) is 1.48. The molecule has 1 fully saturated rings. The number of rotatable bonds is 4. The lowest BCUT2D eigenvalue weighted by Crippen LogP contribution is -2.41. The van der Waals surface area contributed by atoms with E-state index in [2.05, 4.69) is 26.1 Å². The molecule has 1 heterocycles. The Hall–Kier alpha value is -0.930. The molecular formula is C17H26FNO. The fraction of sp³-hybridized carbons (Fsp3) is 0.647. The standard InChI is InChI=1S/C17H26FNO/c1-10-8-15(18)7-6-14(10)9-16(19-5)17-11(2)12(3)20-13(17)4/h6-8,11-13,16-17,19H,9H2,1-5H3. The van der Waals surface area contributed by atoms with Crippen LogP contribution in [0.5, 0.6) is 0 Å². The molecule has 0 bridgehead atoms. The van der Waals surface area contributed by atoms with Crippen LogP contribution < -0.4 is 5.32 Å². The van der Waals surface area contributed by atoms with Crippen molar-refractivity contribution in [2.45, 2.75) is 52.4 Å². The van der Waals surface area contributed by atoms with Crippen LogP contribution in [0, 0.1) is 24.6 Å². The van der Waals surface area contributed by atoms with Crippen LogP contribution in [0.3, 0.4) is 0 Å². The average Bonchev–Trinajstić information content (AvgIpc) is 2.63. The summed E-state index contributed by atoms with van der Waals surface area (Å²) in [6, 6.07) is 5.43. The summed E-state index contributed by atoms with van der Waals surface area (Å²) in [6.45, 7) is 8.55. The van der Waals surface area contributed by atoms with E-state index < -0.39 is 0 Å². The van der Waals surface area contributed by atoms with E-state index in [-0.39, 0.29) is 11.9 Å². The number of hydrogen-bond donors (Lipinski definition) is 1.